The van der Waals surface area contributed by atoms with Gasteiger partial charge in [0, 0.05) is 20.5 Å². The molecule has 108 valence electrons. The van der Waals surface area contributed by atoms with E-state index in [1.54, 1.807) is 0 Å². The summed E-state index contributed by atoms with van der Waals surface area (Å²) in [6.45, 7) is 0. The Morgan fingerprint density at radius 3 is 1.61 bits per heavy atom. The smallest absolute Gasteiger partial charge is 0.383 e. The molecule has 0 bridgehead atoms. The van der Waals surface area contributed by atoms with E-state index < -0.39 is 36.5 Å². The molecule has 0 aromatic rings. The van der Waals surface area contributed by atoms with Crippen LogP contribution in [0.25, 0.3) is 0 Å². The summed E-state index contributed by atoms with van der Waals surface area (Å²) in [4.78, 5) is 11.5. The average molecular weight is 285 g/mol. The van der Waals surface area contributed by atoms with Crippen molar-refractivity contribution in [2.45, 2.75) is 30.5 Å². The van der Waals surface area contributed by atoms with Crippen LogP contribution in [-0.4, -0.2) is 54.1 Å². The summed E-state index contributed by atoms with van der Waals surface area (Å²) in [5.74, 6) is -1.45. The molecule has 0 saturated heterocycles. The van der Waals surface area contributed by atoms with Crippen LogP contribution in [-0.2, 0) is 4.79 Å². The van der Waals surface area contributed by atoms with Gasteiger partial charge in [0.15, 0.2) is 0 Å². The summed E-state index contributed by atoms with van der Waals surface area (Å²) in [6.07, 6.45) is -17.7. The number of likely N-dealkylation sites (N-methyl/N-ethyl adjacent to an activating group) is 1. The molecule has 0 rings (SSSR count). The van der Waals surface area contributed by atoms with Gasteiger partial charge < -0.3 is 10.0 Å². The first-order chi connectivity index (χ1) is 7.74. The number of carbonyl (C=O) groups excluding carboxylic acids is 1. The van der Waals surface area contributed by atoms with Gasteiger partial charge in [-0.15, -0.1) is 0 Å². The van der Waals surface area contributed by atoms with Crippen LogP contribution >= 0.6 is 0 Å². The minimum atomic E-state index is -6.28. The lowest BCUT2D eigenvalue weighted by Gasteiger charge is -2.31. The fourth-order valence-corrected chi connectivity index (χ4v) is 1.04. The summed E-state index contributed by atoms with van der Waals surface area (Å²) in [5, 5.41) is 8.92. The third-order valence-electron chi connectivity index (χ3n) is 2.10. The molecule has 0 aliphatic heterocycles. The lowest BCUT2D eigenvalue weighted by Crippen LogP contribution is -2.56. The quantitative estimate of drug-likeness (QED) is 0.801. The van der Waals surface area contributed by atoms with Gasteiger partial charge in [0.05, 0.1) is 0 Å². The predicted molar refractivity (Wildman–Crippen MR) is 45.3 cm³/mol. The van der Waals surface area contributed by atoms with Crippen molar-refractivity contribution in [3.63, 3.8) is 0 Å². The first-order valence-electron chi connectivity index (χ1n) is 4.45. The van der Waals surface area contributed by atoms with Crippen LogP contribution in [0.1, 0.15) is 6.42 Å². The number of alkyl halides is 7. The van der Waals surface area contributed by atoms with Crippen LogP contribution in [0.2, 0.25) is 0 Å². The van der Waals surface area contributed by atoms with E-state index in [1.807, 2.05) is 0 Å². The highest BCUT2D eigenvalue weighted by Crippen LogP contribution is 2.48. The standard InChI is InChI=1S/C8H10F7NO2/c1-16(2)5(18)4(17)3-6(9,7(10,11)12)8(13,14)15/h4,17H,3H2,1-2H3. The number of hydrogen-bond acceptors (Lipinski definition) is 2. The first-order valence-corrected chi connectivity index (χ1v) is 4.45. The Kier molecular flexibility index (Phi) is 4.61. The van der Waals surface area contributed by atoms with Crippen LogP contribution in [0.3, 0.4) is 0 Å². The van der Waals surface area contributed by atoms with Crippen molar-refractivity contribution in [2.24, 2.45) is 0 Å². The third-order valence-corrected chi connectivity index (χ3v) is 2.10. The Hall–Kier alpha value is -1.06. The molecule has 0 fully saturated rings. The van der Waals surface area contributed by atoms with Gasteiger partial charge in [-0.2, -0.15) is 26.3 Å². The molecule has 0 heterocycles. The van der Waals surface area contributed by atoms with Gasteiger partial charge in [-0.25, -0.2) is 4.39 Å². The van der Waals surface area contributed by atoms with Crippen molar-refractivity contribution in [2.75, 3.05) is 14.1 Å². The zero-order valence-corrected chi connectivity index (χ0v) is 9.23. The molecule has 3 nitrogen and oxygen atoms in total. The fourth-order valence-electron chi connectivity index (χ4n) is 1.04. The predicted octanol–water partition coefficient (Wildman–Crippen LogP) is 1.66. The van der Waals surface area contributed by atoms with Gasteiger partial charge in [0.25, 0.3) is 5.91 Å². The second kappa shape index (κ2) is 4.90. The Morgan fingerprint density at radius 2 is 1.39 bits per heavy atom. The largest absolute Gasteiger partial charge is 0.431 e. The topological polar surface area (TPSA) is 40.5 Å². The second-order valence-corrected chi connectivity index (χ2v) is 3.75. The van der Waals surface area contributed by atoms with Gasteiger partial charge in [-0.1, -0.05) is 0 Å². The first kappa shape index (κ1) is 16.9. The van der Waals surface area contributed by atoms with Crippen molar-refractivity contribution < 1.29 is 40.6 Å². The van der Waals surface area contributed by atoms with E-state index in [1.165, 1.54) is 0 Å². The van der Waals surface area contributed by atoms with Gasteiger partial charge in [0.2, 0.25) is 0 Å². The number of aliphatic hydroxyl groups excluding tert-OH is 1. The minimum absolute atomic E-state index is 0.553. The number of amides is 1. The van der Waals surface area contributed by atoms with Crippen LogP contribution in [0, 0.1) is 0 Å². The zero-order chi connectivity index (χ0) is 14.9. The van der Waals surface area contributed by atoms with Crippen molar-refractivity contribution in [3.8, 4) is 0 Å². The van der Waals surface area contributed by atoms with E-state index in [-0.39, 0.29) is 0 Å². The minimum Gasteiger partial charge on any atom is -0.383 e. The highest BCUT2D eigenvalue weighted by Gasteiger charge is 2.73. The maximum atomic E-state index is 13.1. The Morgan fingerprint density at radius 1 is 1.06 bits per heavy atom. The van der Waals surface area contributed by atoms with Crippen LogP contribution in [0.15, 0.2) is 0 Å². The molecular weight excluding hydrogens is 275 g/mol. The molecule has 0 radical (unpaired) electrons. The molecule has 18 heavy (non-hydrogen) atoms. The molecule has 1 unspecified atom stereocenters. The van der Waals surface area contributed by atoms with E-state index in [0.717, 1.165) is 14.1 Å². The second-order valence-electron chi connectivity index (χ2n) is 3.75. The summed E-state index contributed by atoms with van der Waals surface area (Å²) < 4.78 is 85.7. The molecular formula is C8H10F7NO2. The van der Waals surface area contributed by atoms with E-state index in [4.69, 9.17) is 5.11 Å². The highest BCUT2D eigenvalue weighted by molar-refractivity contribution is 5.80. The molecule has 0 saturated carbocycles. The summed E-state index contributed by atoms with van der Waals surface area (Å²) in [5.41, 5.74) is -5.63. The number of nitrogens with zero attached hydrogens (tertiary/aromatic N) is 1. The average Bonchev–Trinajstić information content (AvgIpc) is 2.12. The summed E-state index contributed by atoms with van der Waals surface area (Å²) in [7, 11) is 1.99. The zero-order valence-electron chi connectivity index (χ0n) is 9.23. The molecule has 1 N–H and O–H groups in total. The van der Waals surface area contributed by atoms with E-state index in [2.05, 4.69) is 0 Å². The lowest BCUT2D eigenvalue weighted by atomic mass is 9.96. The number of hydrogen-bond donors (Lipinski definition) is 1. The van der Waals surface area contributed by atoms with Gasteiger partial charge in [0.1, 0.15) is 6.10 Å². The maximum Gasteiger partial charge on any atom is 0.431 e. The van der Waals surface area contributed by atoms with Gasteiger partial charge in [-0.05, 0) is 0 Å². The molecule has 1 amide bonds. The van der Waals surface area contributed by atoms with Crippen molar-refractivity contribution in [1.82, 2.24) is 4.90 Å². The third kappa shape index (κ3) is 3.24. The number of halogens is 7. The van der Waals surface area contributed by atoms with Gasteiger partial charge in [-0.3, -0.25) is 4.79 Å². The molecule has 0 aliphatic carbocycles. The molecule has 1 atom stereocenters. The highest BCUT2D eigenvalue weighted by atomic mass is 19.4. The molecule has 10 heteroatoms. The van der Waals surface area contributed by atoms with E-state index in [9.17, 15) is 35.5 Å². The summed E-state index contributed by atoms with van der Waals surface area (Å²) >= 11 is 0. The summed E-state index contributed by atoms with van der Waals surface area (Å²) in [6, 6.07) is 0. The fraction of sp³-hybridized carbons (Fsp3) is 0.875. The normalized spacial score (nSPS) is 15.4. The number of rotatable bonds is 3. The number of aliphatic hydroxyl groups is 1. The molecule has 0 aromatic heterocycles. The van der Waals surface area contributed by atoms with E-state index in [0.29, 0.717) is 4.90 Å². The van der Waals surface area contributed by atoms with Crippen molar-refractivity contribution in [1.29, 1.82) is 0 Å². The lowest BCUT2D eigenvalue weighted by molar-refractivity contribution is -0.346. The van der Waals surface area contributed by atoms with E-state index >= 15 is 0 Å². The van der Waals surface area contributed by atoms with Crippen LogP contribution in [0.4, 0.5) is 30.7 Å². The van der Waals surface area contributed by atoms with Crippen molar-refractivity contribution >= 4 is 5.91 Å². The Balaban J connectivity index is 5.25. The Bertz CT molecular complexity index is 296. The monoisotopic (exact) mass is 285 g/mol. The maximum absolute atomic E-state index is 13.1. The van der Waals surface area contributed by atoms with Crippen molar-refractivity contribution in [3.05, 3.63) is 0 Å². The van der Waals surface area contributed by atoms with Gasteiger partial charge >= 0.3 is 18.0 Å². The number of carbonyl (C=O) groups is 1. The molecule has 0 aliphatic rings. The van der Waals surface area contributed by atoms with Crippen LogP contribution in [0.5, 0.6) is 0 Å². The Labute approximate surface area is 97.2 Å². The van der Waals surface area contributed by atoms with Crippen LogP contribution < -0.4 is 0 Å². The molecule has 0 aromatic carbocycles. The SMILES string of the molecule is CN(C)C(=O)C(O)CC(F)(C(F)(F)F)C(F)(F)F. The molecule has 0 spiro atoms.